The molecule has 254 valence electrons. The number of carbonyl (C=O) groups excluding carboxylic acids is 2. The van der Waals surface area contributed by atoms with Gasteiger partial charge in [-0.15, -0.1) is 0 Å². The Hall–Kier alpha value is -3.08. The van der Waals surface area contributed by atoms with Gasteiger partial charge in [-0.3, -0.25) is 9.59 Å². The molecule has 1 aliphatic carbocycles. The van der Waals surface area contributed by atoms with Crippen LogP contribution in [-0.4, -0.2) is 67.3 Å². The van der Waals surface area contributed by atoms with Gasteiger partial charge in [-0.2, -0.15) is 0 Å². The molecular formula is C36H46ClN3O6S. The topological polar surface area (TPSA) is 116 Å². The highest BCUT2D eigenvalue weighted by molar-refractivity contribution is 7.90. The van der Waals surface area contributed by atoms with E-state index in [0.717, 1.165) is 49.7 Å². The Labute approximate surface area is 283 Å². The van der Waals surface area contributed by atoms with E-state index in [9.17, 15) is 23.1 Å². The fourth-order valence-corrected chi connectivity index (χ4v) is 8.79. The molecule has 47 heavy (non-hydrogen) atoms. The average Bonchev–Trinajstić information content (AvgIpc) is 3.00. The highest BCUT2D eigenvalue weighted by Gasteiger charge is 2.47. The number of likely N-dealkylation sites (tertiary alicyclic amines) is 1. The molecule has 1 saturated heterocycles. The van der Waals surface area contributed by atoms with E-state index < -0.39 is 26.8 Å². The van der Waals surface area contributed by atoms with Crippen LogP contribution in [0.4, 0.5) is 5.69 Å². The second-order valence-corrected chi connectivity index (χ2v) is 16.4. The highest BCUT2D eigenvalue weighted by atomic mass is 35.5. The van der Waals surface area contributed by atoms with Gasteiger partial charge in [0.05, 0.1) is 23.0 Å². The molecule has 2 N–H and O–H groups in total. The van der Waals surface area contributed by atoms with Crippen molar-refractivity contribution in [1.82, 2.24) is 9.62 Å². The van der Waals surface area contributed by atoms with Gasteiger partial charge >= 0.3 is 0 Å². The number of amides is 2. The van der Waals surface area contributed by atoms with Gasteiger partial charge in [-0.1, -0.05) is 36.7 Å². The molecule has 9 nitrogen and oxygen atoms in total. The van der Waals surface area contributed by atoms with Gasteiger partial charge in [-0.05, 0) is 111 Å². The SMILES string of the molecule is C[C@@H]1[C@@H](C)C/C=C/[C@@](O)(CC(=O)N2CCC2)[C@@H]2CC[C@H]2CN2CCCCc3cc(Cl)ccc3COc3ccc(cc32)C(=O)NS1(=O)=O. The standard InChI is InChI=1S/C36H46ClN3O6S/c1-24-7-5-15-36(43,21-34(41)39-17-6-18-39)31-13-10-28(31)22-40-16-4-3-8-26-19-30(37)12-9-29(26)23-46-33-14-11-27(20-32(33)40)35(42)38-47(44,45)25(24)2/h5,9,11-12,14-15,19-20,24-25,28,31,43H,3-4,6-8,10,13,16-18,21-23H2,1-2H3,(H,38,42)/b15-5+/t24-,25+,28-,31+,36+/m0/s1. The number of halogens is 1. The van der Waals surface area contributed by atoms with E-state index in [1.54, 1.807) is 36.1 Å². The summed E-state index contributed by atoms with van der Waals surface area (Å²) in [5.41, 5.74) is 1.78. The molecular weight excluding hydrogens is 638 g/mol. The van der Waals surface area contributed by atoms with E-state index >= 15 is 0 Å². The van der Waals surface area contributed by atoms with Crippen LogP contribution in [0.15, 0.2) is 48.6 Å². The second kappa shape index (κ2) is 13.8. The number of carbonyl (C=O) groups is 2. The summed E-state index contributed by atoms with van der Waals surface area (Å²) >= 11 is 6.34. The van der Waals surface area contributed by atoms with Crippen molar-refractivity contribution in [3.8, 4) is 5.75 Å². The number of ether oxygens (including phenoxy) is 1. The molecule has 2 fully saturated rings. The predicted octanol–water partition coefficient (Wildman–Crippen LogP) is 5.49. The van der Waals surface area contributed by atoms with Crippen LogP contribution in [0.2, 0.25) is 5.02 Å². The van der Waals surface area contributed by atoms with Crippen molar-refractivity contribution in [3.63, 3.8) is 0 Å². The van der Waals surface area contributed by atoms with E-state index in [-0.39, 0.29) is 35.6 Å². The van der Waals surface area contributed by atoms with Gasteiger partial charge in [0.15, 0.2) is 0 Å². The van der Waals surface area contributed by atoms with Gasteiger partial charge < -0.3 is 19.6 Å². The summed E-state index contributed by atoms with van der Waals surface area (Å²) in [6, 6.07) is 10.9. The van der Waals surface area contributed by atoms with Gasteiger partial charge in [0.1, 0.15) is 12.4 Å². The Morgan fingerprint density at radius 1 is 1.06 bits per heavy atom. The molecule has 2 aromatic rings. The molecule has 0 radical (unpaired) electrons. The number of sulfonamides is 1. The number of rotatable bonds is 2. The van der Waals surface area contributed by atoms with Gasteiger partial charge in [0.25, 0.3) is 5.91 Å². The maximum absolute atomic E-state index is 13.4. The Balaban J connectivity index is 1.39. The summed E-state index contributed by atoms with van der Waals surface area (Å²) in [6.07, 6.45) is 9.26. The lowest BCUT2D eigenvalue weighted by molar-refractivity contribution is -0.143. The number of benzene rings is 2. The zero-order valence-corrected chi connectivity index (χ0v) is 28.9. The van der Waals surface area contributed by atoms with Crippen LogP contribution in [0.25, 0.3) is 0 Å². The molecule has 2 aromatic carbocycles. The number of nitrogens with one attached hydrogen (secondary N) is 1. The third-order valence-corrected chi connectivity index (χ3v) is 13.0. The molecule has 2 amide bonds. The number of fused-ring (bicyclic) bond motifs is 3. The van der Waals surface area contributed by atoms with Crippen molar-refractivity contribution in [1.29, 1.82) is 0 Å². The Morgan fingerprint density at radius 3 is 2.60 bits per heavy atom. The minimum Gasteiger partial charge on any atom is -0.487 e. The molecule has 3 aliphatic heterocycles. The first-order valence-electron chi connectivity index (χ1n) is 17.0. The van der Waals surface area contributed by atoms with Crippen LogP contribution in [0.5, 0.6) is 5.75 Å². The normalized spacial score (nSPS) is 30.2. The van der Waals surface area contributed by atoms with Crippen LogP contribution >= 0.6 is 11.6 Å². The molecule has 0 aromatic heterocycles. The largest absolute Gasteiger partial charge is 0.487 e. The first-order chi connectivity index (χ1) is 22.4. The summed E-state index contributed by atoms with van der Waals surface area (Å²) in [5, 5.41) is 12.1. The molecule has 1 saturated carbocycles. The molecule has 5 atom stereocenters. The van der Waals surface area contributed by atoms with Crippen LogP contribution in [0.3, 0.4) is 0 Å². The zero-order chi connectivity index (χ0) is 33.3. The Morgan fingerprint density at radius 2 is 1.87 bits per heavy atom. The molecule has 0 spiro atoms. The maximum Gasteiger partial charge on any atom is 0.264 e. The monoisotopic (exact) mass is 683 g/mol. The van der Waals surface area contributed by atoms with Gasteiger partial charge in [-0.25, -0.2) is 13.1 Å². The van der Waals surface area contributed by atoms with E-state index in [2.05, 4.69) is 9.62 Å². The number of anilines is 1. The number of hydrogen-bond donors (Lipinski definition) is 2. The van der Waals surface area contributed by atoms with Crippen molar-refractivity contribution >= 4 is 39.1 Å². The fraction of sp³-hybridized carbons (Fsp3) is 0.556. The van der Waals surface area contributed by atoms with Crippen molar-refractivity contribution < 1.29 is 27.9 Å². The zero-order valence-electron chi connectivity index (χ0n) is 27.3. The molecule has 0 unspecified atom stereocenters. The van der Waals surface area contributed by atoms with Crippen LogP contribution in [-0.2, 0) is 27.8 Å². The molecule has 4 aliphatic rings. The summed E-state index contributed by atoms with van der Waals surface area (Å²) in [6.45, 7) is 6.44. The summed E-state index contributed by atoms with van der Waals surface area (Å²) < 4.78 is 35.5. The maximum atomic E-state index is 13.4. The Bertz CT molecular complexity index is 1640. The first kappa shape index (κ1) is 33.8. The lowest BCUT2D eigenvalue weighted by Crippen LogP contribution is -2.53. The van der Waals surface area contributed by atoms with Crippen LogP contribution < -0.4 is 14.4 Å². The molecule has 11 heteroatoms. The van der Waals surface area contributed by atoms with E-state index in [0.29, 0.717) is 55.7 Å². The van der Waals surface area contributed by atoms with Crippen LogP contribution in [0.1, 0.15) is 80.3 Å². The van der Waals surface area contributed by atoms with Crippen molar-refractivity contribution in [2.45, 2.75) is 82.7 Å². The minimum atomic E-state index is -4.01. The lowest BCUT2D eigenvalue weighted by atomic mass is 9.63. The quantitative estimate of drug-likeness (QED) is 0.403. The number of hydrogen-bond acceptors (Lipinski definition) is 7. The van der Waals surface area contributed by atoms with E-state index in [4.69, 9.17) is 16.3 Å². The average molecular weight is 684 g/mol. The number of nitrogens with zero attached hydrogens (tertiary/aromatic N) is 2. The highest BCUT2D eigenvalue weighted by Crippen LogP contribution is 2.46. The summed E-state index contributed by atoms with van der Waals surface area (Å²) in [4.78, 5) is 30.7. The minimum absolute atomic E-state index is 0.00756. The molecule has 2 bridgehead atoms. The van der Waals surface area contributed by atoms with E-state index in [1.807, 2.05) is 31.2 Å². The van der Waals surface area contributed by atoms with E-state index in [1.165, 1.54) is 0 Å². The van der Waals surface area contributed by atoms with Crippen molar-refractivity contribution in [3.05, 3.63) is 70.3 Å². The van der Waals surface area contributed by atoms with Crippen molar-refractivity contribution in [2.75, 3.05) is 31.1 Å². The number of aryl methyl sites for hydroxylation is 1. The third-order valence-electron chi connectivity index (χ3n) is 10.8. The predicted molar refractivity (Wildman–Crippen MR) is 183 cm³/mol. The first-order valence-corrected chi connectivity index (χ1v) is 18.9. The van der Waals surface area contributed by atoms with Crippen molar-refractivity contribution in [2.24, 2.45) is 17.8 Å². The van der Waals surface area contributed by atoms with Crippen LogP contribution in [0, 0.1) is 17.8 Å². The Kier molecular flexibility index (Phi) is 9.93. The van der Waals surface area contributed by atoms with Gasteiger partial charge in [0.2, 0.25) is 15.9 Å². The number of aliphatic hydroxyl groups is 1. The second-order valence-electron chi connectivity index (χ2n) is 13.9. The fourth-order valence-electron chi connectivity index (χ4n) is 7.31. The third kappa shape index (κ3) is 7.34. The smallest absolute Gasteiger partial charge is 0.264 e. The van der Waals surface area contributed by atoms with Gasteiger partial charge in [0, 0.05) is 36.8 Å². The molecule has 6 rings (SSSR count). The lowest BCUT2D eigenvalue weighted by Gasteiger charge is -2.48. The molecule has 3 heterocycles. The summed E-state index contributed by atoms with van der Waals surface area (Å²) in [5.74, 6) is -0.517. The summed E-state index contributed by atoms with van der Waals surface area (Å²) in [7, 11) is -4.01. The number of allylic oxidation sites excluding steroid dienone is 1.